The second-order valence-electron chi connectivity index (χ2n) is 5.34. The quantitative estimate of drug-likeness (QED) is 0.820. The number of sulfonamides is 1. The highest BCUT2D eigenvalue weighted by Crippen LogP contribution is 2.21. The Bertz CT molecular complexity index is 851. The summed E-state index contributed by atoms with van der Waals surface area (Å²) in [7, 11) is -3.61. The fourth-order valence-corrected chi connectivity index (χ4v) is 3.36. The Labute approximate surface area is 147 Å². The van der Waals surface area contributed by atoms with E-state index in [0.29, 0.717) is 23.7 Å². The first-order chi connectivity index (χ1) is 11.3. The van der Waals surface area contributed by atoms with E-state index < -0.39 is 15.9 Å². The number of carbonyl (C=O) groups excluding carboxylic acids is 1. The van der Waals surface area contributed by atoms with Crippen molar-refractivity contribution in [2.45, 2.75) is 25.2 Å². The fourth-order valence-electron chi connectivity index (χ4n) is 2.00. The number of benzene rings is 2. The van der Waals surface area contributed by atoms with Gasteiger partial charge in [-0.05, 0) is 49.2 Å². The molecule has 0 aliphatic carbocycles. The lowest BCUT2D eigenvalue weighted by Gasteiger charge is -2.09. The van der Waals surface area contributed by atoms with Gasteiger partial charge in [0.15, 0.2) is 0 Å². The average Bonchev–Trinajstić information content (AvgIpc) is 2.56. The van der Waals surface area contributed by atoms with Crippen LogP contribution in [0.15, 0.2) is 47.4 Å². The second-order valence-corrected chi connectivity index (χ2v) is 7.52. The topological polar surface area (TPSA) is 75.3 Å². The second kappa shape index (κ2) is 7.79. The molecule has 128 valence electrons. The van der Waals surface area contributed by atoms with Crippen molar-refractivity contribution in [3.8, 4) is 0 Å². The van der Waals surface area contributed by atoms with Gasteiger partial charge in [-0.15, -0.1) is 0 Å². The Morgan fingerprint density at radius 2 is 1.92 bits per heavy atom. The lowest BCUT2D eigenvalue weighted by atomic mass is 10.2. The Balaban J connectivity index is 2.21. The molecule has 2 aromatic rings. The van der Waals surface area contributed by atoms with E-state index in [1.807, 2.05) is 13.8 Å². The molecule has 0 saturated carbocycles. The summed E-state index contributed by atoms with van der Waals surface area (Å²) in [5.41, 5.74) is 1.71. The molecule has 0 radical (unpaired) electrons. The van der Waals surface area contributed by atoms with Gasteiger partial charge in [0, 0.05) is 22.8 Å². The van der Waals surface area contributed by atoms with Crippen LogP contribution in [0, 0.1) is 6.92 Å². The molecule has 7 heteroatoms. The third kappa shape index (κ3) is 4.56. The van der Waals surface area contributed by atoms with E-state index >= 15 is 0 Å². The summed E-state index contributed by atoms with van der Waals surface area (Å²) in [5, 5.41) is 3.26. The zero-order valence-corrected chi connectivity index (χ0v) is 15.0. The smallest absolute Gasteiger partial charge is 0.255 e. The number of halogens is 1. The molecule has 0 saturated heterocycles. The Morgan fingerprint density at radius 3 is 2.58 bits per heavy atom. The standard InChI is InChI=1S/C17H19ClN2O3S/c1-3-9-19-24(22,23)15-6-4-5-13(10-15)17(21)20-14-8-7-12(2)16(18)11-14/h4-8,10-11,19H,3,9H2,1-2H3,(H,20,21). The van der Waals surface area contributed by atoms with Crippen LogP contribution in [0.2, 0.25) is 5.02 Å². The summed E-state index contributed by atoms with van der Waals surface area (Å²) in [6, 6.07) is 11.1. The number of carbonyl (C=O) groups is 1. The van der Waals surface area contributed by atoms with Gasteiger partial charge in [0.25, 0.3) is 5.91 Å². The first-order valence-corrected chi connectivity index (χ1v) is 9.37. The van der Waals surface area contributed by atoms with Gasteiger partial charge in [0.05, 0.1) is 4.90 Å². The fraction of sp³-hybridized carbons (Fsp3) is 0.235. The summed E-state index contributed by atoms with van der Waals surface area (Å²) in [6.07, 6.45) is 0.688. The minimum Gasteiger partial charge on any atom is -0.322 e. The number of nitrogens with one attached hydrogen (secondary N) is 2. The monoisotopic (exact) mass is 366 g/mol. The van der Waals surface area contributed by atoms with Crippen molar-refractivity contribution in [2.75, 3.05) is 11.9 Å². The van der Waals surface area contributed by atoms with E-state index in [1.165, 1.54) is 18.2 Å². The normalized spacial score (nSPS) is 11.3. The summed E-state index contributed by atoms with van der Waals surface area (Å²) in [6.45, 7) is 4.09. The minimum absolute atomic E-state index is 0.0607. The molecule has 0 aliphatic rings. The molecule has 0 fully saturated rings. The summed E-state index contributed by atoms with van der Waals surface area (Å²) in [5.74, 6) is -0.400. The third-order valence-corrected chi connectivity index (χ3v) is 5.24. The van der Waals surface area contributed by atoms with Crippen LogP contribution < -0.4 is 10.0 Å². The minimum atomic E-state index is -3.61. The van der Waals surface area contributed by atoms with Crippen molar-refractivity contribution in [2.24, 2.45) is 0 Å². The lowest BCUT2D eigenvalue weighted by Crippen LogP contribution is -2.24. The van der Waals surface area contributed by atoms with Gasteiger partial charge in [0.2, 0.25) is 10.0 Å². The van der Waals surface area contributed by atoms with Gasteiger partial charge in [-0.25, -0.2) is 13.1 Å². The number of rotatable bonds is 6. The van der Waals surface area contributed by atoms with E-state index in [2.05, 4.69) is 10.0 Å². The molecule has 0 aromatic heterocycles. The summed E-state index contributed by atoms with van der Waals surface area (Å²) >= 11 is 6.04. The molecule has 0 aliphatic heterocycles. The number of aryl methyl sites for hydroxylation is 1. The van der Waals surface area contributed by atoms with Crippen LogP contribution in [0.1, 0.15) is 29.3 Å². The molecule has 0 spiro atoms. The average molecular weight is 367 g/mol. The maximum Gasteiger partial charge on any atom is 0.255 e. The number of hydrogen-bond donors (Lipinski definition) is 2. The maximum atomic E-state index is 12.3. The largest absolute Gasteiger partial charge is 0.322 e. The molecule has 0 bridgehead atoms. The maximum absolute atomic E-state index is 12.3. The van der Waals surface area contributed by atoms with Gasteiger partial charge in [-0.3, -0.25) is 4.79 Å². The van der Waals surface area contributed by atoms with Gasteiger partial charge in [0.1, 0.15) is 0 Å². The van der Waals surface area contributed by atoms with Crippen LogP contribution in [-0.4, -0.2) is 20.9 Å². The lowest BCUT2D eigenvalue weighted by molar-refractivity contribution is 0.102. The Hall–Kier alpha value is -1.89. The number of hydrogen-bond acceptors (Lipinski definition) is 3. The van der Waals surface area contributed by atoms with Gasteiger partial charge >= 0.3 is 0 Å². The zero-order valence-electron chi connectivity index (χ0n) is 13.5. The van der Waals surface area contributed by atoms with Crippen LogP contribution in [0.5, 0.6) is 0 Å². The Morgan fingerprint density at radius 1 is 1.17 bits per heavy atom. The van der Waals surface area contributed by atoms with Crippen molar-refractivity contribution < 1.29 is 13.2 Å². The van der Waals surface area contributed by atoms with E-state index in [0.717, 1.165) is 5.56 Å². The van der Waals surface area contributed by atoms with E-state index in [9.17, 15) is 13.2 Å². The van der Waals surface area contributed by atoms with Crippen molar-refractivity contribution in [3.05, 3.63) is 58.6 Å². The molecule has 1 amide bonds. The first kappa shape index (κ1) is 18.4. The number of amides is 1. The SMILES string of the molecule is CCCNS(=O)(=O)c1cccc(C(=O)Nc2ccc(C)c(Cl)c2)c1. The van der Waals surface area contributed by atoms with Gasteiger partial charge in [-0.2, -0.15) is 0 Å². The zero-order chi connectivity index (χ0) is 17.7. The van der Waals surface area contributed by atoms with Crippen molar-refractivity contribution >= 4 is 33.2 Å². The molecular weight excluding hydrogens is 348 g/mol. The van der Waals surface area contributed by atoms with E-state index in [-0.39, 0.29) is 10.5 Å². The van der Waals surface area contributed by atoms with Crippen LogP contribution in [0.4, 0.5) is 5.69 Å². The van der Waals surface area contributed by atoms with E-state index in [4.69, 9.17) is 11.6 Å². The van der Waals surface area contributed by atoms with Gasteiger partial charge < -0.3 is 5.32 Å². The van der Waals surface area contributed by atoms with Crippen LogP contribution in [-0.2, 0) is 10.0 Å². The molecule has 5 nitrogen and oxygen atoms in total. The van der Waals surface area contributed by atoms with Crippen molar-refractivity contribution in [1.82, 2.24) is 4.72 Å². The van der Waals surface area contributed by atoms with Crippen LogP contribution >= 0.6 is 11.6 Å². The molecule has 2 N–H and O–H groups in total. The molecular formula is C17H19ClN2O3S. The Kier molecular flexibility index (Phi) is 5.99. The highest BCUT2D eigenvalue weighted by molar-refractivity contribution is 7.89. The van der Waals surface area contributed by atoms with Gasteiger partial charge in [-0.1, -0.05) is 30.7 Å². The van der Waals surface area contributed by atoms with Crippen LogP contribution in [0.25, 0.3) is 0 Å². The summed E-state index contributed by atoms with van der Waals surface area (Å²) in [4.78, 5) is 12.4. The van der Waals surface area contributed by atoms with Crippen LogP contribution in [0.3, 0.4) is 0 Å². The van der Waals surface area contributed by atoms with Crippen molar-refractivity contribution in [3.63, 3.8) is 0 Å². The molecule has 2 aromatic carbocycles. The highest BCUT2D eigenvalue weighted by Gasteiger charge is 2.15. The third-order valence-electron chi connectivity index (χ3n) is 3.38. The summed E-state index contributed by atoms with van der Waals surface area (Å²) < 4.78 is 26.8. The molecule has 0 atom stereocenters. The first-order valence-electron chi connectivity index (χ1n) is 7.50. The molecule has 0 unspecified atom stereocenters. The molecule has 24 heavy (non-hydrogen) atoms. The van der Waals surface area contributed by atoms with Crippen molar-refractivity contribution in [1.29, 1.82) is 0 Å². The predicted octanol–water partition coefficient (Wildman–Crippen LogP) is 3.59. The molecule has 2 rings (SSSR count). The number of anilines is 1. The molecule has 0 heterocycles. The van der Waals surface area contributed by atoms with E-state index in [1.54, 1.807) is 24.3 Å². The highest BCUT2D eigenvalue weighted by atomic mass is 35.5. The predicted molar refractivity (Wildman–Crippen MR) is 96.1 cm³/mol.